The van der Waals surface area contributed by atoms with Crippen molar-refractivity contribution in [3.63, 3.8) is 0 Å². The molecule has 0 atom stereocenters. The average Bonchev–Trinajstić information content (AvgIpc) is 3.59. The van der Waals surface area contributed by atoms with Gasteiger partial charge in [0, 0.05) is 49.8 Å². The first-order chi connectivity index (χ1) is 17.6. The first kappa shape index (κ1) is 22.8. The molecule has 0 radical (unpaired) electrons. The summed E-state index contributed by atoms with van der Waals surface area (Å²) in [4.78, 5) is 33.8. The lowest BCUT2D eigenvalue weighted by atomic mass is 10.1. The Labute approximate surface area is 212 Å². The summed E-state index contributed by atoms with van der Waals surface area (Å²) in [7, 11) is 0. The molecule has 0 aliphatic carbocycles. The number of fused-ring (bicyclic) bond motifs is 1. The van der Waals surface area contributed by atoms with Crippen LogP contribution < -0.4 is 15.2 Å². The topological polar surface area (TPSA) is 87.9 Å². The van der Waals surface area contributed by atoms with Gasteiger partial charge >= 0.3 is 5.97 Å². The van der Waals surface area contributed by atoms with Crippen LogP contribution in [0.4, 0.5) is 10.8 Å². The minimum absolute atomic E-state index is 0.258. The summed E-state index contributed by atoms with van der Waals surface area (Å²) < 4.78 is 8.25. The van der Waals surface area contributed by atoms with Gasteiger partial charge in [0.1, 0.15) is 5.56 Å². The van der Waals surface area contributed by atoms with Crippen molar-refractivity contribution in [3.8, 4) is 16.9 Å². The normalized spacial score (nSPS) is 16.1. The molecule has 8 nitrogen and oxygen atoms in total. The van der Waals surface area contributed by atoms with Crippen molar-refractivity contribution in [1.82, 2.24) is 9.55 Å². The molecule has 0 saturated carbocycles. The van der Waals surface area contributed by atoms with E-state index < -0.39 is 11.4 Å². The number of hydrogen-bond acceptors (Lipinski definition) is 7. The zero-order valence-corrected chi connectivity index (χ0v) is 20.5. The molecule has 6 rings (SSSR count). The number of ether oxygens (including phenoxy) is 1. The third-order valence-corrected chi connectivity index (χ3v) is 7.92. The van der Waals surface area contributed by atoms with E-state index in [9.17, 15) is 14.7 Å². The van der Waals surface area contributed by atoms with E-state index in [0.717, 1.165) is 58.5 Å². The van der Waals surface area contributed by atoms with Gasteiger partial charge in [0.05, 0.1) is 29.1 Å². The zero-order valence-electron chi connectivity index (χ0n) is 19.7. The number of carbonyl (C=O) groups is 1. The highest BCUT2D eigenvalue weighted by Gasteiger charge is 2.19. The predicted molar refractivity (Wildman–Crippen MR) is 142 cm³/mol. The Hall–Kier alpha value is -3.69. The second-order valence-corrected chi connectivity index (χ2v) is 10.1. The number of benzene rings is 2. The van der Waals surface area contributed by atoms with Gasteiger partial charge in [0.15, 0.2) is 10.6 Å². The van der Waals surface area contributed by atoms with Crippen molar-refractivity contribution in [2.24, 2.45) is 0 Å². The number of anilines is 2. The van der Waals surface area contributed by atoms with Crippen LogP contribution in [-0.2, 0) is 4.74 Å². The Kier molecular flexibility index (Phi) is 5.94. The number of thiazole rings is 1. The van der Waals surface area contributed by atoms with Crippen LogP contribution in [0.25, 0.3) is 27.2 Å². The molecule has 1 N–H and O–H groups in total. The summed E-state index contributed by atoms with van der Waals surface area (Å²) in [5, 5.41) is 10.6. The van der Waals surface area contributed by atoms with Crippen molar-refractivity contribution in [2.75, 3.05) is 49.2 Å². The number of carboxylic acid groups (broad SMARTS) is 1. The minimum Gasteiger partial charge on any atom is -0.477 e. The molecule has 0 amide bonds. The lowest BCUT2D eigenvalue weighted by Crippen LogP contribution is -2.36. The van der Waals surface area contributed by atoms with Gasteiger partial charge in [-0.1, -0.05) is 23.5 Å². The van der Waals surface area contributed by atoms with Gasteiger partial charge in [-0.05, 0) is 48.7 Å². The van der Waals surface area contributed by atoms with E-state index in [4.69, 9.17) is 9.72 Å². The Morgan fingerprint density at radius 2 is 1.64 bits per heavy atom. The van der Waals surface area contributed by atoms with Crippen LogP contribution in [0, 0.1) is 0 Å². The predicted octanol–water partition coefficient (Wildman–Crippen LogP) is 4.25. The van der Waals surface area contributed by atoms with E-state index in [-0.39, 0.29) is 5.56 Å². The first-order valence-corrected chi connectivity index (χ1v) is 13.0. The maximum absolute atomic E-state index is 12.7. The largest absolute Gasteiger partial charge is 0.477 e. The van der Waals surface area contributed by atoms with Crippen molar-refractivity contribution in [1.29, 1.82) is 0 Å². The number of aromatic carboxylic acids is 1. The molecular weight excluding hydrogens is 476 g/mol. The molecule has 0 bridgehead atoms. The Morgan fingerprint density at radius 1 is 0.917 bits per heavy atom. The fraction of sp³-hybridized carbons (Fsp3) is 0.296. The molecule has 2 aliphatic heterocycles. The molecule has 36 heavy (non-hydrogen) atoms. The van der Waals surface area contributed by atoms with Crippen LogP contribution >= 0.6 is 11.3 Å². The summed E-state index contributed by atoms with van der Waals surface area (Å²) in [6, 6.07) is 15.4. The SMILES string of the molecule is O=C(O)c1cn(-c2ccc3nc(N4CCOCC4)sc3c2)c(-c2ccc(N3CCCC3)cc2)cc1=O. The molecule has 0 spiro atoms. The Morgan fingerprint density at radius 3 is 2.36 bits per heavy atom. The Bertz CT molecular complexity index is 1480. The quantitative estimate of drug-likeness (QED) is 0.437. The van der Waals surface area contributed by atoms with E-state index in [1.165, 1.54) is 25.1 Å². The van der Waals surface area contributed by atoms with Crippen LogP contribution in [0.15, 0.2) is 59.5 Å². The maximum Gasteiger partial charge on any atom is 0.341 e. The molecule has 2 aromatic heterocycles. The smallest absolute Gasteiger partial charge is 0.341 e. The number of pyridine rings is 1. The van der Waals surface area contributed by atoms with Crippen LogP contribution in [0.1, 0.15) is 23.2 Å². The summed E-state index contributed by atoms with van der Waals surface area (Å²) in [6.45, 7) is 5.11. The van der Waals surface area contributed by atoms with Crippen molar-refractivity contribution in [3.05, 3.63) is 70.5 Å². The summed E-state index contributed by atoms with van der Waals surface area (Å²) in [6.07, 6.45) is 3.83. The highest BCUT2D eigenvalue weighted by molar-refractivity contribution is 7.22. The summed E-state index contributed by atoms with van der Waals surface area (Å²) in [5.41, 5.74) is 3.56. The lowest BCUT2D eigenvalue weighted by Gasteiger charge is -2.25. The van der Waals surface area contributed by atoms with E-state index in [0.29, 0.717) is 18.9 Å². The van der Waals surface area contributed by atoms with Crippen molar-refractivity contribution in [2.45, 2.75) is 12.8 Å². The van der Waals surface area contributed by atoms with Gasteiger partial charge in [-0.3, -0.25) is 4.79 Å². The fourth-order valence-electron chi connectivity index (χ4n) is 4.89. The summed E-state index contributed by atoms with van der Waals surface area (Å²) >= 11 is 1.61. The summed E-state index contributed by atoms with van der Waals surface area (Å²) in [5.74, 6) is -1.24. The molecule has 9 heteroatoms. The van der Waals surface area contributed by atoms with Gasteiger partial charge in [-0.2, -0.15) is 0 Å². The van der Waals surface area contributed by atoms with Gasteiger partial charge in [0.25, 0.3) is 0 Å². The average molecular weight is 503 g/mol. The van der Waals surface area contributed by atoms with Crippen LogP contribution in [0.2, 0.25) is 0 Å². The molecule has 2 aromatic carbocycles. The number of aromatic nitrogens is 2. The third kappa shape index (κ3) is 4.25. The van der Waals surface area contributed by atoms with Crippen LogP contribution in [0.5, 0.6) is 0 Å². The van der Waals surface area contributed by atoms with Crippen LogP contribution in [0.3, 0.4) is 0 Å². The molecule has 2 fully saturated rings. The van der Waals surface area contributed by atoms with Crippen molar-refractivity contribution < 1.29 is 14.6 Å². The first-order valence-electron chi connectivity index (χ1n) is 12.2. The molecule has 4 aromatic rings. The second-order valence-electron chi connectivity index (χ2n) is 9.10. The maximum atomic E-state index is 12.7. The monoisotopic (exact) mass is 502 g/mol. The molecule has 4 heterocycles. The zero-order chi connectivity index (χ0) is 24.6. The lowest BCUT2D eigenvalue weighted by molar-refractivity contribution is 0.0695. The highest BCUT2D eigenvalue weighted by atomic mass is 32.1. The fourth-order valence-corrected chi connectivity index (χ4v) is 5.94. The standard InChI is InChI=1S/C27H26N4O4S/c32-24-16-23(18-3-5-19(6-4-18)29-9-1-2-10-29)31(17-21(24)26(33)34)20-7-8-22-25(15-20)36-27(28-22)30-11-13-35-14-12-30/h3-8,15-17H,1-2,9-14H2,(H,33,34). The third-order valence-electron chi connectivity index (χ3n) is 6.84. The van der Waals surface area contributed by atoms with E-state index in [2.05, 4.69) is 21.9 Å². The molecule has 2 aliphatic rings. The van der Waals surface area contributed by atoms with E-state index >= 15 is 0 Å². The number of rotatable bonds is 5. The number of hydrogen-bond donors (Lipinski definition) is 1. The number of morpholine rings is 1. The van der Waals surface area contributed by atoms with Gasteiger partial charge < -0.3 is 24.2 Å². The minimum atomic E-state index is -1.24. The van der Waals surface area contributed by atoms with Gasteiger partial charge in [0.2, 0.25) is 0 Å². The second kappa shape index (κ2) is 9.40. The number of carboxylic acids is 1. The van der Waals surface area contributed by atoms with Crippen LogP contribution in [-0.4, -0.2) is 60.0 Å². The molecule has 184 valence electrons. The van der Waals surface area contributed by atoms with E-state index in [1.54, 1.807) is 15.9 Å². The van der Waals surface area contributed by atoms with Gasteiger partial charge in [-0.25, -0.2) is 9.78 Å². The highest BCUT2D eigenvalue weighted by Crippen LogP contribution is 2.32. The van der Waals surface area contributed by atoms with E-state index in [1.807, 2.05) is 30.3 Å². The molecule has 0 unspecified atom stereocenters. The number of nitrogens with zero attached hydrogens (tertiary/aromatic N) is 4. The van der Waals surface area contributed by atoms with Gasteiger partial charge in [-0.15, -0.1) is 0 Å². The molecular formula is C27H26N4O4S. The van der Waals surface area contributed by atoms with Crippen molar-refractivity contribution >= 4 is 38.3 Å². The molecule has 2 saturated heterocycles. The Balaban J connectivity index is 1.43.